The predicted molar refractivity (Wildman–Crippen MR) is 145 cm³/mol. The monoisotopic (exact) mass is 556 g/mol. The van der Waals surface area contributed by atoms with Crippen LogP contribution in [-0.2, 0) is 7.05 Å². The Hall–Kier alpha value is -2.38. The molecule has 0 spiro atoms. The summed E-state index contributed by atoms with van der Waals surface area (Å²) in [6, 6.07) is 6.11. The topological polar surface area (TPSA) is 68.3 Å². The number of carbonyl (C=O) groups is 1. The molecule has 2 aliphatic rings. The number of hydrogen-bond acceptors (Lipinski definition) is 4. The maximum absolute atomic E-state index is 15.3. The number of nitrogens with zero attached hydrogens (tertiary/aromatic N) is 6. The Bertz CT molecular complexity index is 1410. The highest BCUT2D eigenvalue weighted by Crippen LogP contribution is 2.45. The summed E-state index contributed by atoms with van der Waals surface area (Å²) in [5.41, 5.74) is 0.965. The van der Waals surface area contributed by atoms with Crippen LogP contribution < -0.4 is 0 Å². The van der Waals surface area contributed by atoms with Crippen molar-refractivity contribution in [3.8, 4) is 0 Å². The van der Waals surface area contributed by atoms with Crippen molar-refractivity contribution in [1.82, 2.24) is 29.0 Å². The molecular formula is C23H27F3N6OS3. The highest BCUT2D eigenvalue weighted by molar-refractivity contribution is 7.59. The fourth-order valence-electron chi connectivity index (χ4n) is 5.67. The minimum Gasteiger partial charge on any atom is -0.350 e. The van der Waals surface area contributed by atoms with Crippen molar-refractivity contribution in [2.45, 2.75) is 50.1 Å². The summed E-state index contributed by atoms with van der Waals surface area (Å²) in [5.74, 6) is -0.988. The van der Waals surface area contributed by atoms with Crippen LogP contribution in [-0.4, -0.2) is 47.0 Å². The van der Waals surface area contributed by atoms with Gasteiger partial charge in [0, 0.05) is 36.6 Å². The first kappa shape index (κ1) is 28.2. The molecule has 6 rings (SSSR count). The van der Waals surface area contributed by atoms with Crippen LogP contribution in [0.15, 0.2) is 36.8 Å². The van der Waals surface area contributed by atoms with Crippen LogP contribution in [0, 0.1) is 5.82 Å². The first-order valence-corrected chi connectivity index (χ1v) is 11.0. The van der Waals surface area contributed by atoms with Gasteiger partial charge in [-0.05, 0) is 49.9 Å². The molecule has 2 fully saturated rings. The van der Waals surface area contributed by atoms with E-state index in [-0.39, 0.29) is 81.4 Å². The molecule has 0 radical (unpaired) electrons. The van der Waals surface area contributed by atoms with E-state index in [9.17, 15) is 13.6 Å². The SMILES string of the molecule is Cn1ccc2c(F)c(C(=O)N3[C@H]4CC[C@H](c5cc(C(F)F)nc6ncnn56)[C@@H]3CC4)ccc21.S.S.S. The number of fused-ring (bicyclic) bond motifs is 4. The summed E-state index contributed by atoms with van der Waals surface area (Å²) < 4.78 is 45.6. The van der Waals surface area contributed by atoms with Gasteiger partial charge < -0.3 is 9.47 Å². The normalized spacial score (nSPS) is 20.8. The summed E-state index contributed by atoms with van der Waals surface area (Å²) >= 11 is 0. The number of piperidine rings is 1. The smallest absolute Gasteiger partial charge is 0.280 e. The molecule has 3 atom stereocenters. The molecular weight excluding hydrogens is 529 g/mol. The number of aryl methyl sites for hydroxylation is 1. The van der Waals surface area contributed by atoms with E-state index in [0.29, 0.717) is 23.0 Å². The fraction of sp³-hybridized carbons (Fsp3) is 0.391. The molecule has 1 aromatic carbocycles. The molecule has 7 nitrogen and oxygen atoms in total. The molecule has 5 heterocycles. The van der Waals surface area contributed by atoms with Crippen LogP contribution in [0.25, 0.3) is 16.7 Å². The first-order valence-electron chi connectivity index (χ1n) is 11.0. The minimum absolute atomic E-state index is 0. The van der Waals surface area contributed by atoms with E-state index in [0.717, 1.165) is 19.3 Å². The molecule has 0 saturated carbocycles. The Balaban J connectivity index is 0.00000120. The highest BCUT2D eigenvalue weighted by Gasteiger charge is 2.47. The molecule has 3 aromatic heterocycles. The highest BCUT2D eigenvalue weighted by atomic mass is 32.1. The molecule has 13 heteroatoms. The van der Waals surface area contributed by atoms with Crippen LogP contribution in [0.2, 0.25) is 0 Å². The van der Waals surface area contributed by atoms with E-state index in [2.05, 4.69) is 15.1 Å². The Labute approximate surface area is 226 Å². The van der Waals surface area contributed by atoms with Gasteiger partial charge in [0.15, 0.2) is 0 Å². The predicted octanol–water partition coefficient (Wildman–Crippen LogP) is 4.58. The fourth-order valence-corrected chi connectivity index (χ4v) is 5.67. The van der Waals surface area contributed by atoms with Crippen LogP contribution >= 0.6 is 40.5 Å². The zero-order valence-corrected chi connectivity index (χ0v) is 22.3. The summed E-state index contributed by atoms with van der Waals surface area (Å²) in [5, 5.41) is 4.59. The van der Waals surface area contributed by atoms with E-state index < -0.39 is 12.2 Å². The largest absolute Gasteiger partial charge is 0.350 e. The van der Waals surface area contributed by atoms with Crippen LogP contribution in [0.1, 0.15) is 59.8 Å². The number of hydrogen-bond donors (Lipinski definition) is 0. The third-order valence-corrected chi connectivity index (χ3v) is 7.19. The third-order valence-electron chi connectivity index (χ3n) is 7.19. The van der Waals surface area contributed by atoms with Gasteiger partial charge >= 0.3 is 0 Å². The second kappa shape index (κ2) is 10.5. The lowest BCUT2D eigenvalue weighted by Gasteiger charge is -2.40. The van der Waals surface area contributed by atoms with Crippen molar-refractivity contribution in [3.05, 3.63) is 59.6 Å². The molecule has 2 aliphatic heterocycles. The van der Waals surface area contributed by atoms with Crippen molar-refractivity contribution in [1.29, 1.82) is 0 Å². The lowest BCUT2D eigenvalue weighted by atomic mass is 9.86. The average Bonchev–Trinajstić information content (AvgIpc) is 3.50. The van der Waals surface area contributed by atoms with Crippen LogP contribution in [0.5, 0.6) is 0 Å². The molecule has 0 unspecified atom stereocenters. The second-order valence-electron chi connectivity index (χ2n) is 8.86. The Morgan fingerprint density at radius 2 is 1.83 bits per heavy atom. The lowest BCUT2D eigenvalue weighted by Crippen LogP contribution is -2.48. The van der Waals surface area contributed by atoms with Gasteiger partial charge in [-0.15, -0.1) is 0 Å². The van der Waals surface area contributed by atoms with Gasteiger partial charge in [0.2, 0.25) is 0 Å². The zero-order chi connectivity index (χ0) is 22.9. The lowest BCUT2D eigenvalue weighted by molar-refractivity contribution is 0.0549. The van der Waals surface area contributed by atoms with E-state index in [1.54, 1.807) is 33.9 Å². The van der Waals surface area contributed by atoms with Gasteiger partial charge in [-0.2, -0.15) is 50.6 Å². The van der Waals surface area contributed by atoms with Crippen molar-refractivity contribution in [2.24, 2.45) is 7.05 Å². The Kier molecular flexibility index (Phi) is 8.26. The number of halogens is 3. The number of aromatic nitrogens is 5. The van der Waals surface area contributed by atoms with Crippen molar-refractivity contribution < 1.29 is 18.0 Å². The molecule has 0 N–H and O–H groups in total. The summed E-state index contributed by atoms with van der Waals surface area (Å²) in [4.78, 5) is 23.3. The van der Waals surface area contributed by atoms with Crippen molar-refractivity contribution >= 4 is 63.1 Å². The standard InChI is InChI=1S/C23H21F3N6O.3H2S/c1-30-9-8-14-17(30)7-5-15(20(14)24)22(33)31-12-2-4-13(18(31)6-3-12)19-10-16(21(25)26)29-23-27-11-28-32(19)23;;;/h5,7-13,18,21H,2-4,6H2,1H3;3*1H2/t12-,13-,18-;;;/m0.../s1. The number of rotatable bonds is 3. The van der Waals surface area contributed by atoms with E-state index >= 15 is 4.39 Å². The van der Waals surface area contributed by atoms with E-state index in [1.165, 1.54) is 16.9 Å². The molecule has 194 valence electrons. The molecule has 36 heavy (non-hydrogen) atoms. The van der Waals surface area contributed by atoms with Gasteiger partial charge in [-0.1, -0.05) is 0 Å². The molecule has 4 aromatic rings. The number of benzene rings is 1. The summed E-state index contributed by atoms with van der Waals surface area (Å²) in [6.07, 6.45) is 3.26. The van der Waals surface area contributed by atoms with Crippen LogP contribution in [0.3, 0.4) is 0 Å². The molecule has 2 saturated heterocycles. The van der Waals surface area contributed by atoms with Gasteiger partial charge in [0.25, 0.3) is 18.1 Å². The molecule has 2 bridgehead atoms. The number of carbonyl (C=O) groups excluding carboxylic acids is 1. The second-order valence-corrected chi connectivity index (χ2v) is 8.86. The summed E-state index contributed by atoms with van der Waals surface area (Å²) in [6.45, 7) is 0. The summed E-state index contributed by atoms with van der Waals surface area (Å²) in [7, 11) is 1.83. The zero-order valence-electron chi connectivity index (χ0n) is 19.3. The van der Waals surface area contributed by atoms with Gasteiger partial charge in [-0.3, -0.25) is 4.79 Å². The minimum atomic E-state index is -2.74. The van der Waals surface area contributed by atoms with Crippen molar-refractivity contribution in [3.63, 3.8) is 0 Å². The Morgan fingerprint density at radius 3 is 2.58 bits per heavy atom. The van der Waals surface area contributed by atoms with Gasteiger partial charge in [0.05, 0.1) is 16.8 Å². The van der Waals surface area contributed by atoms with Gasteiger partial charge in [-0.25, -0.2) is 22.7 Å². The molecule has 0 aliphatic carbocycles. The van der Waals surface area contributed by atoms with E-state index in [1.807, 2.05) is 7.05 Å². The number of amides is 1. The van der Waals surface area contributed by atoms with Gasteiger partial charge in [0.1, 0.15) is 17.8 Å². The number of alkyl halides is 2. The quantitative estimate of drug-likeness (QED) is 0.371. The molecule has 1 amide bonds. The maximum Gasteiger partial charge on any atom is 0.280 e. The first-order chi connectivity index (χ1) is 15.9. The maximum atomic E-state index is 15.3. The van der Waals surface area contributed by atoms with E-state index in [4.69, 9.17) is 0 Å². The average molecular weight is 557 g/mol. The third kappa shape index (κ3) is 4.24. The van der Waals surface area contributed by atoms with Crippen molar-refractivity contribution in [2.75, 3.05) is 0 Å². The van der Waals surface area contributed by atoms with Crippen LogP contribution in [0.4, 0.5) is 13.2 Å². The Morgan fingerprint density at radius 1 is 1.08 bits per heavy atom.